The Hall–Kier alpha value is -2.13. The first-order chi connectivity index (χ1) is 10.1. The van der Waals surface area contributed by atoms with Crippen LogP contribution in [0.25, 0.3) is 11.0 Å². The molecule has 0 aliphatic heterocycles. The van der Waals surface area contributed by atoms with Crippen LogP contribution in [0.3, 0.4) is 0 Å². The molecular weight excluding hydrogens is 294 g/mol. The second-order valence-corrected chi connectivity index (χ2v) is 11.9. The molecule has 0 aromatic carbocycles. The van der Waals surface area contributed by atoms with Crippen LogP contribution in [0.5, 0.6) is 0 Å². The maximum Gasteiger partial charge on any atom is 0.437 e. The molecule has 2 rings (SSSR count). The predicted molar refractivity (Wildman–Crippen MR) is 89.4 cm³/mol. The molecule has 0 aliphatic carbocycles. The van der Waals surface area contributed by atoms with Crippen molar-refractivity contribution in [2.45, 2.75) is 46.0 Å². The first-order valence-corrected chi connectivity index (χ1v) is 10.7. The molecule has 2 heterocycles. The molecule has 0 saturated carbocycles. The van der Waals surface area contributed by atoms with E-state index in [9.17, 15) is 4.79 Å². The van der Waals surface area contributed by atoms with Gasteiger partial charge in [-0.3, -0.25) is 0 Å². The normalized spacial score (nSPS) is 11.9. The van der Waals surface area contributed by atoms with Crippen LogP contribution >= 0.6 is 0 Å². The topological polar surface area (TPSA) is 57.0 Å². The fourth-order valence-corrected chi connectivity index (χ4v) is 2.21. The van der Waals surface area contributed by atoms with Gasteiger partial charge in [0.1, 0.15) is 13.7 Å². The molecule has 2 aromatic heterocycles. The first kappa shape index (κ1) is 16.2. The van der Waals surface area contributed by atoms with Crippen molar-refractivity contribution in [3.8, 4) is 11.5 Å². The molecule has 0 bridgehead atoms. The molecule has 0 spiro atoms. The van der Waals surface area contributed by atoms with E-state index in [-0.39, 0.29) is 0 Å². The second kappa shape index (κ2) is 5.58. The SMILES string of the molecule is CC(C)(C)OC(=O)n1ncc2cc(C#C[Si](C)(C)C)cnc21. The minimum atomic E-state index is -1.43. The summed E-state index contributed by atoms with van der Waals surface area (Å²) >= 11 is 0. The van der Waals surface area contributed by atoms with Crippen molar-refractivity contribution in [3.05, 3.63) is 24.0 Å². The van der Waals surface area contributed by atoms with Crippen molar-refractivity contribution < 1.29 is 9.53 Å². The third kappa shape index (κ3) is 4.18. The molecule has 5 nitrogen and oxygen atoms in total. The van der Waals surface area contributed by atoms with Gasteiger partial charge in [0.25, 0.3) is 0 Å². The van der Waals surface area contributed by atoms with E-state index in [1.807, 2.05) is 26.8 Å². The monoisotopic (exact) mass is 315 g/mol. The lowest BCUT2D eigenvalue weighted by atomic mass is 10.2. The molecule has 0 unspecified atom stereocenters. The van der Waals surface area contributed by atoms with E-state index in [1.54, 1.807) is 12.4 Å². The maximum atomic E-state index is 12.1. The Kier molecular flexibility index (Phi) is 4.12. The minimum Gasteiger partial charge on any atom is -0.442 e. The quantitative estimate of drug-likeness (QED) is 0.552. The van der Waals surface area contributed by atoms with Crippen LogP contribution in [0.2, 0.25) is 19.6 Å². The van der Waals surface area contributed by atoms with Gasteiger partial charge in [-0.15, -0.1) is 10.2 Å². The highest BCUT2D eigenvalue weighted by Gasteiger charge is 2.20. The number of carbonyl (C=O) groups is 1. The predicted octanol–water partition coefficient (Wildman–Crippen LogP) is 3.44. The van der Waals surface area contributed by atoms with Crippen LogP contribution in [0.4, 0.5) is 4.79 Å². The van der Waals surface area contributed by atoms with Gasteiger partial charge < -0.3 is 4.74 Å². The smallest absolute Gasteiger partial charge is 0.437 e. The highest BCUT2D eigenvalue weighted by molar-refractivity contribution is 6.83. The summed E-state index contributed by atoms with van der Waals surface area (Å²) in [6.45, 7) is 12.0. The molecule has 0 aliphatic rings. The third-order valence-corrected chi connectivity index (χ3v) is 3.43. The van der Waals surface area contributed by atoms with Crippen LogP contribution < -0.4 is 0 Å². The second-order valence-electron chi connectivity index (χ2n) is 7.17. The Balaban J connectivity index is 2.34. The zero-order chi connectivity index (χ0) is 16.5. The molecule has 0 fully saturated rings. The average molecular weight is 315 g/mol. The van der Waals surface area contributed by atoms with E-state index >= 15 is 0 Å². The molecular formula is C16H21N3O2Si. The molecule has 0 N–H and O–H groups in total. The number of fused-ring (bicyclic) bond motifs is 1. The summed E-state index contributed by atoms with van der Waals surface area (Å²) in [5, 5.41) is 4.84. The standard InChI is InChI=1S/C16H21N3O2Si/c1-16(2,3)21-15(20)19-14-13(11-18-19)9-12(10-17-14)7-8-22(4,5)6/h9-11H,1-6H3. The van der Waals surface area contributed by atoms with Gasteiger partial charge >= 0.3 is 6.09 Å². The fourth-order valence-electron chi connectivity index (χ4n) is 1.69. The van der Waals surface area contributed by atoms with Gasteiger partial charge in [-0.1, -0.05) is 25.6 Å². The Morgan fingerprint density at radius 1 is 1.27 bits per heavy atom. The van der Waals surface area contributed by atoms with E-state index in [1.165, 1.54) is 4.68 Å². The van der Waals surface area contributed by atoms with E-state index < -0.39 is 19.8 Å². The van der Waals surface area contributed by atoms with Gasteiger partial charge in [-0.2, -0.15) is 5.10 Å². The van der Waals surface area contributed by atoms with Gasteiger partial charge in [-0.05, 0) is 26.8 Å². The number of nitrogens with zero attached hydrogens (tertiary/aromatic N) is 3. The van der Waals surface area contributed by atoms with E-state index in [0.29, 0.717) is 5.65 Å². The highest BCUT2D eigenvalue weighted by Crippen LogP contribution is 2.15. The number of aromatic nitrogens is 3. The van der Waals surface area contributed by atoms with Crippen molar-refractivity contribution in [1.29, 1.82) is 0 Å². The first-order valence-electron chi connectivity index (χ1n) is 7.15. The number of pyridine rings is 1. The number of hydrogen-bond donors (Lipinski definition) is 0. The summed E-state index contributed by atoms with van der Waals surface area (Å²) in [5.74, 6) is 3.15. The van der Waals surface area contributed by atoms with Gasteiger partial charge in [0.05, 0.1) is 6.20 Å². The maximum absolute atomic E-state index is 12.1. The molecule has 0 atom stereocenters. The van der Waals surface area contributed by atoms with Crippen molar-refractivity contribution in [1.82, 2.24) is 14.8 Å². The summed E-state index contributed by atoms with van der Waals surface area (Å²) < 4.78 is 6.49. The molecule has 22 heavy (non-hydrogen) atoms. The van der Waals surface area contributed by atoms with Crippen molar-refractivity contribution in [2.24, 2.45) is 0 Å². The van der Waals surface area contributed by atoms with Gasteiger partial charge in [-0.25, -0.2) is 9.78 Å². The van der Waals surface area contributed by atoms with Gasteiger partial charge in [0.2, 0.25) is 0 Å². The van der Waals surface area contributed by atoms with Crippen LogP contribution in [-0.4, -0.2) is 34.5 Å². The third-order valence-electron chi connectivity index (χ3n) is 2.56. The summed E-state index contributed by atoms with van der Waals surface area (Å²) in [6, 6.07) is 1.89. The fraction of sp³-hybridized carbons (Fsp3) is 0.438. The minimum absolute atomic E-state index is 0.479. The number of carbonyl (C=O) groups excluding carboxylic acids is 1. The van der Waals surface area contributed by atoms with Crippen molar-refractivity contribution in [3.63, 3.8) is 0 Å². The number of hydrogen-bond acceptors (Lipinski definition) is 4. The summed E-state index contributed by atoms with van der Waals surface area (Å²) in [5.41, 5.74) is 4.03. The van der Waals surface area contributed by atoms with Crippen molar-refractivity contribution in [2.75, 3.05) is 0 Å². The lowest BCUT2D eigenvalue weighted by Crippen LogP contribution is -2.27. The van der Waals surface area contributed by atoms with E-state index in [4.69, 9.17) is 4.74 Å². The van der Waals surface area contributed by atoms with Gasteiger partial charge in [0, 0.05) is 17.1 Å². The van der Waals surface area contributed by atoms with Crippen LogP contribution in [0.15, 0.2) is 18.5 Å². The van der Waals surface area contributed by atoms with Crippen LogP contribution in [0, 0.1) is 11.5 Å². The highest BCUT2D eigenvalue weighted by atomic mass is 28.3. The Morgan fingerprint density at radius 3 is 2.55 bits per heavy atom. The summed E-state index contributed by atoms with van der Waals surface area (Å²) in [6.07, 6.45) is 2.74. The molecule has 0 radical (unpaired) electrons. The zero-order valence-corrected chi connectivity index (χ0v) is 14.9. The molecule has 2 aromatic rings. The van der Waals surface area contributed by atoms with Crippen LogP contribution in [0.1, 0.15) is 26.3 Å². The van der Waals surface area contributed by atoms with E-state index in [2.05, 4.69) is 41.2 Å². The molecule has 0 saturated heterocycles. The Labute approximate surface area is 131 Å². The van der Waals surface area contributed by atoms with Crippen LogP contribution in [-0.2, 0) is 4.74 Å². The average Bonchev–Trinajstić information content (AvgIpc) is 2.76. The largest absolute Gasteiger partial charge is 0.442 e. The molecule has 0 amide bonds. The lowest BCUT2D eigenvalue weighted by molar-refractivity contribution is 0.0522. The molecule has 6 heteroatoms. The lowest BCUT2D eigenvalue weighted by Gasteiger charge is -2.18. The summed E-state index contributed by atoms with van der Waals surface area (Å²) in [4.78, 5) is 16.4. The Morgan fingerprint density at radius 2 is 1.95 bits per heavy atom. The summed E-state index contributed by atoms with van der Waals surface area (Å²) in [7, 11) is -1.43. The number of ether oxygens (including phenoxy) is 1. The van der Waals surface area contributed by atoms with Crippen molar-refractivity contribution >= 4 is 25.2 Å². The number of rotatable bonds is 0. The molecule has 116 valence electrons. The zero-order valence-electron chi connectivity index (χ0n) is 13.9. The Bertz CT molecular complexity index is 771. The van der Waals surface area contributed by atoms with Gasteiger partial charge in [0.15, 0.2) is 5.65 Å². The van der Waals surface area contributed by atoms with E-state index in [0.717, 1.165) is 10.9 Å².